The van der Waals surface area contributed by atoms with E-state index in [0.29, 0.717) is 46.7 Å². The third kappa shape index (κ3) is 3.98. The van der Waals surface area contributed by atoms with Gasteiger partial charge < -0.3 is 9.73 Å². The topological polar surface area (TPSA) is 107 Å². The zero-order valence-electron chi connectivity index (χ0n) is 17.2. The summed E-state index contributed by atoms with van der Waals surface area (Å²) in [5.41, 5.74) is 2.18. The Hall–Kier alpha value is -2.68. The number of furan rings is 1. The van der Waals surface area contributed by atoms with Gasteiger partial charge in [-0.1, -0.05) is 19.8 Å². The van der Waals surface area contributed by atoms with E-state index in [1.165, 1.54) is 0 Å². The molecule has 30 heavy (non-hydrogen) atoms. The lowest BCUT2D eigenvalue weighted by molar-refractivity contribution is 0.0954. The predicted molar refractivity (Wildman–Crippen MR) is 114 cm³/mol. The maximum Gasteiger partial charge on any atom is 0.252 e. The summed E-state index contributed by atoms with van der Waals surface area (Å²) in [5, 5.41) is 8.23. The number of unbranched alkanes of at least 4 members (excludes halogenated alkanes) is 2. The van der Waals surface area contributed by atoms with Crippen molar-refractivity contribution in [3.63, 3.8) is 0 Å². The summed E-state index contributed by atoms with van der Waals surface area (Å²) in [6.07, 6.45) is 5.09. The number of carbonyl (C=O) groups is 1. The minimum absolute atomic E-state index is 0.0361. The third-order valence-corrected chi connectivity index (χ3v) is 7.23. The van der Waals surface area contributed by atoms with Crippen molar-refractivity contribution < 1.29 is 17.6 Å². The lowest BCUT2D eigenvalue weighted by Gasteiger charge is -2.11. The summed E-state index contributed by atoms with van der Waals surface area (Å²) < 4.78 is 31.2. The van der Waals surface area contributed by atoms with Crippen molar-refractivity contribution >= 4 is 26.8 Å². The van der Waals surface area contributed by atoms with Gasteiger partial charge in [0, 0.05) is 6.54 Å². The maximum atomic E-state index is 13.0. The molecule has 0 aromatic carbocycles. The number of rotatable bonds is 7. The van der Waals surface area contributed by atoms with Crippen molar-refractivity contribution in [3.05, 3.63) is 35.7 Å². The standard InChI is InChI=1S/C21H26N4O4S/c1-3-4-5-9-22-21(26)16-12-17(18-7-6-10-29-18)23-20-19(16)14(2)24-25(20)15-8-11-30(27,28)13-15/h6-7,10,12,15H,3-5,8-9,11,13H2,1-2H3,(H,22,26)/t15-/m1/s1. The van der Waals surface area contributed by atoms with Crippen LogP contribution in [0.3, 0.4) is 0 Å². The van der Waals surface area contributed by atoms with Crippen LogP contribution in [-0.2, 0) is 9.84 Å². The maximum absolute atomic E-state index is 13.0. The molecule has 1 aliphatic heterocycles. The molecular weight excluding hydrogens is 404 g/mol. The number of amides is 1. The van der Waals surface area contributed by atoms with E-state index in [-0.39, 0.29) is 23.5 Å². The number of nitrogens with zero attached hydrogens (tertiary/aromatic N) is 3. The summed E-state index contributed by atoms with van der Waals surface area (Å²) >= 11 is 0. The molecule has 9 heteroatoms. The summed E-state index contributed by atoms with van der Waals surface area (Å²) in [6.45, 7) is 4.54. The first-order chi connectivity index (χ1) is 14.4. The smallest absolute Gasteiger partial charge is 0.252 e. The zero-order chi connectivity index (χ0) is 21.3. The number of hydrogen-bond acceptors (Lipinski definition) is 6. The average Bonchev–Trinajstić information content (AvgIpc) is 3.44. The highest BCUT2D eigenvalue weighted by atomic mass is 32.2. The molecule has 0 unspecified atom stereocenters. The molecule has 0 aliphatic carbocycles. The van der Waals surface area contributed by atoms with Gasteiger partial charge in [-0.3, -0.25) is 4.79 Å². The van der Waals surface area contributed by atoms with Crippen LogP contribution in [-0.4, -0.2) is 47.1 Å². The molecule has 1 N–H and O–H groups in total. The van der Waals surface area contributed by atoms with E-state index in [0.717, 1.165) is 19.3 Å². The number of aromatic nitrogens is 3. The summed E-state index contributed by atoms with van der Waals surface area (Å²) in [6, 6.07) is 4.98. The number of pyridine rings is 1. The number of sulfone groups is 1. The van der Waals surface area contributed by atoms with Crippen molar-refractivity contribution in [2.45, 2.75) is 45.6 Å². The van der Waals surface area contributed by atoms with Gasteiger partial charge in [0.1, 0.15) is 5.69 Å². The van der Waals surface area contributed by atoms with Gasteiger partial charge in [-0.05, 0) is 38.0 Å². The van der Waals surface area contributed by atoms with Crippen molar-refractivity contribution in [1.82, 2.24) is 20.1 Å². The van der Waals surface area contributed by atoms with Crippen molar-refractivity contribution in [3.8, 4) is 11.5 Å². The summed E-state index contributed by atoms with van der Waals surface area (Å²) in [5.74, 6) is 0.532. The van der Waals surface area contributed by atoms with Crippen LogP contribution in [0.2, 0.25) is 0 Å². The first kappa shape index (κ1) is 20.6. The van der Waals surface area contributed by atoms with Crippen LogP contribution in [0.25, 0.3) is 22.5 Å². The van der Waals surface area contributed by atoms with E-state index in [1.54, 1.807) is 29.1 Å². The van der Waals surface area contributed by atoms with Gasteiger partial charge in [-0.2, -0.15) is 5.10 Å². The molecule has 1 amide bonds. The number of fused-ring (bicyclic) bond motifs is 1. The Morgan fingerprint density at radius 3 is 2.87 bits per heavy atom. The molecule has 4 rings (SSSR count). The van der Waals surface area contributed by atoms with E-state index in [1.807, 2.05) is 6.92 Å². The highest BCUT2D eigenvalue weighted by molar-refractivity contribution is 7.91. The summed E-state index contributed by atoms with van der Waals surface area (Å²) in [7, 11) is -3.09. The SMILES string of the molecule is CCCCCNC(=O)c1cc(-c2ccco2)nc2c1c(C)nn2[C@@H]1CCS(=O)(=O)C1. The predicted octanol–water partition coefficient (Wildman–Crippen LogP) is 3.28. The number of nitrogens with one attached hydrogen (secondary N) is 1. The van der Waals surface area contributed by atoms with Crippen LogP contribution in [0.4, 0.5) is 0 Å². The van der Waals surface area contributed by atoms with Crippen LogP contribution in [0.5, 0.6) is 0 Å². The van der Waals surface area contributed by atoms with Crippen LogP contribution < -0.4 is 5.32 Å². The minimum atomic E-state index is -3.09. The lowest BCUT2D eigenvalue weighted by Crippen LogP contribution is -2.25. The van der Waals surface area contributed by atoms with Crippen LogP contribution in [0.15, 0.2) is 28.9 Å². The molecular formula is C21H26N4O4S. The molecule has 160 valence electrons. The normalized spacial score (nSPS) is 18.1. The van der Waals surface area contributed by atoms with Gasteiger partial charge >= 0.3 is 0 Å². The van der Waals surface area contributed by atoms with Gasteiger partial charge in [-0.15, -0.1) is 0 Å². The Labute approximate surface area is 175 Å². The van der Waals surface area contributed by atoms with Gasteiger partial charge in [0.15, 0.2) is 21.2 Å². The van der Waals surface area contributed by atoms with Crippen molar-refractivity contribution in [2.24, 2.45) is 0 Å². The molecule has 1 atom stereocenters. The number of hydrogen-bond donors (Lipinski definition) is 1. The molecule has 8 nitrogen and oxygen atoms in total. The number of aryl methyl sites for hydroxylation is 1. The Morgan fingerprint density at radius 2 is 2.20 bits per heavy atom. The quantitative estimate of drug-likeness (QED) is 0.577. The fourth-order valence-electron chi connectivity index (χ4n) is 3.94. The van der Waals surface area contributed by atoms with E-state index < -0.39 is 9.84 Å². The Bertz CT molecular complexity index is 1170. The van der Waals surface area contributed by atoms with E-state index >= 15 is 0 Å². The highest BCUT2D eigenvalue weighted by Crippen LogP contribution is 2.32. The molecule has 1 aliphatic rings. The fourth-order valence-corrected chi connectivity index (χ4v) is 5.63. The van der Waals surface area contributed by atoms with E-state index in [9.17, 15) is 13.2 Å². The second kappa shape index (κ2) is 8.22. The molecule has 0 radical (unpaired) electrons. The molecule has 1 saturated heterocycles. The fraction of sp³-hybridized carbons (Fsp3) is 0.476. The van der Waals surface area contributed by atoms with Crippen LogP contribution in [0.1, 0.15) is 54.7 Å². The summed E-state index contributed by atoms with van der Waals surface area (Å²) in [4.78, 5) is 17.7. The monoisotopic (exact) mass is 430 g/mol. The van der Waals surface area contributed by atoms with Gasteiger partial charge in [-0.25, -0.2) is 18.1 Å². The van der Waals surface area contributed by atoms with E-state index in [2.05, 4.69) is 17.3 Å². The van der Waals surface area contributed by atoms with Gasteiger partial charge in [0.2, 0.25) is 0 Å². The zero-order valence-corrected chi connectivity index (χ0v) is 18.0. The van der Waals surface area contributed by atoms with Crippen molar-refractivity contribution in [1.29, 1.82) is 0 Å². The largest absolute Gasteiger partial charge is 0.463 e. The molecule has 0 bridgehead atoms. The van der Waals surface area contributed by atoms with Gasteiger partial charge in [0.05, 0.1) is 40.5 Å². The van der Waals surface area contributed by atoms with Crippen LogP contribution in [0, 0.1) is 6.92 Å². The van der Waals surface area contributed by atoms with Crippen molar-refractivity contribution in [2.75, 3.05) is 18.1 Å². The molecule has 4 heterocycles. The van der Waals surface area contributed by atoms with Crippen LogP contribution >= 0.6 is 0 Å². The molecule has 1 fully saturated rings. The first-order valence-corrected chi connectivity index (χ1v) is 12.1. The highest BCUT2D eigenvalue weighted by Gasteiger charge is 2.32. The second-order valence-electron chi connectivity index (χ2n) is 7.78. The van der Waals surface area contributed by atoms with Gasteiger partial charge in [0.25, 0.3) is 5.91 Å². The molecule has 0 saturated carbocycles. The molecule has 0 spiro atoms. The lowest BCUT2D eigenvalue weighted by atomic mass is 10.1. The first-order valence-electron chi connectivity index (χ1n) is 10.3. The van der Waals surface area contributed by atoms with E-state index in [4.69, 9.17) is 9.40 Å². The Morgan fingerprint density at radius 1 is 1.37 bits per heavy atom. The minimum Gasteiger partial charge on any atom is -0.463 e. The Kier molecular flexibility index (Phi) is 5.64. The number of carbonyl (C=O) groups excluding carboxylic acids is 1. The Balaban J connectivity index is 1.80. The molecule has 3 aromatic rings. The third-order valence-electron chi connectivity index (χ3n) is 5.48. The average molecular weight is 431 g/mol. The second-order valence-corrected chi connectivity index (χ2v) is 10.0. The molecule has 3 aromatic heterocycles.